The van der Waals surface area contributed by atoms with E-state index in [1.54, 1.807) is 30.5 Å². The Morgan fingerprint density at radius 3 is 2.52 bits per heavy atom. The Morgan fingerprint density at radius 2 is 1.76 bits per heavy atom. The van der Waals surface area contributed by atoms with Crippen LogP contribution in [-0.2, 0) is 9.59 Å². The summed E-state index contributed by atoms with van der Waals surface area (Å²) in [7, 11) is 0. The molecular weight excluding hydrogens is 416 g/mol. The van der Waals surface area contributed by atoms with Gasteiger partial charge in [-0.2, -0.15) is 0 Å². The largest absolute Gasteiger partial charge is 0.507 e. The molecule has 1 fully saturated rings. The van der Waals surface area contributed by atoms with Crippen LogP contribution in [0, 0.1) is 20.8 Å². The summed E-state index contributed by atoms with van der Waals surface area (Å²) in [6.07, 6.45) is 1.59. The standard InChI is InChI=1S/C26H22N4O3/c1-14-7-9-16(3)17(12-14)23(31)21-22(19-6-4-5-11-27-19)30(25(33)24(21)32)26-28-18-10-8-15(2)13-20(18)29-26/h4-13,22,31H,1-3H3,(H,28,29)/b23-21+. The van der Waals surface area contributed by atoms with E-state index in [9.17, 15) is 14.7 Å². The number of aliphatic hydroxyl groups is 1. The lowest BCUT2D eigenvalue weighted by molar-refractivity contribution is -0.132. The summed E-state index contributed by atoms with van der Waals surface area (Å²) in [6.45, 7) is 5.72. The molecule has 1 saturated heterocycles. The third-order valence-corrected chi connectivity index (χ3v) is 5.91. The molecule has 2 aromatic carbocycles. The summed E-state index contributed by atoms with van der Waals surface area (Å²) in [5.74, 6) is -1.54. The van der Waals surface area contributed by atoms with Crippen molar-refractivity contribution in [3.8, 4) is 0 Å². The molecule has 1 amide bonds. The average Bonchev–Trinajstić information content (AvgIpc) is 3.33. The Hall–Kier alpha value is -4.26. The molecule has 3 heterocycles. The van der Waals surface area contributed by atoms with E-state index in [2.05, 4.69) is 15.0 Å². The van der Waals surface area contributed by atoms with Gasteiger partial charge >= 0.3 is 5.91 Å². The molecule has 2 N–H and O–H groups in total. The molecule has 1 unspecified atom stereocenters. The number of benzene rings is 2. The second kappa shape index (κ2) is 7.70. The number of carbonyl (C=O) groups excluding carboxylic acids is 2. The summed E-state index contributed by atoms with van der Waals surface area (Å²) in [4.78, 5) is 40.0. The Balaban J connectivity index is 1.75. The molecule has 1 aliphatic heterocycles. The Labute approximate surface area is 190 Å². The minimum atomic E-state index is -0.923. The van der Waals surface area contributed by atoms with E-state index >= 15 is 0 Å². The quantitative estimate of drug-likeness (QED) is 0.279. The number of rotatable bonds is 3. The zero-order chi connectivity index (χ0) is 23.3. The maximum Gasteiger partial charge on any atom is 0.302 e. The first-order chi connectivity index (χ1) is 15.8. The summed E-state index contributed by atoms with van der Waals surface area (Å²) >= 11 is 0. The fourth-order valence-corrected chi connectivity index (χ4v) is 4.23. The highest BCUT2D eigenvalue weighted by Crippen LogP contribution is 2.41. The molecule has 1 atom stereocenters. The molecule has 164 valence electrons. The van der Waals surface area contributed by atoms with Crippen LogP contribution in [0.2, 0.25) is 0 Å². The third kappa shape index (κ3) is 3.38. The van der Waals surface area contributed by atoms with E-state index in [0.717, 1.165) is 22.2 Å². The van der Waals surface area contributed by atoms with Gasteiger partial charge in [0.25, 0.3) is 5.78 Å². The number of amides is 1. The molecule has 0 bridgehead atoms. The second-order valence-electron chi connectivity index (χ2n) is 8.32. The van der Waals surface area contributed by atoms with Gasteiger partial charge in [-0.15, -0.1) is 0 Å². The number of pyridine rings is 1. The first kappa shape index (κ1) is 20.6. The van der Waals surface area contributed by atoms with Gasteiger partial charge in [-0.3, -0.25) is 19.5 Å². The number of anilines is 1. The molecular formula is C26H22N4O3. The number of ketones is 1. The van der Waals surface area contributed by atoms with Crippen molar-refractivity contribution in [2.24, 2.45) is 0 Å². The number of Topliss-reactive ketones (excluding diaryl/α,β-unsaturated/α-hetero) is 1. The fraction of sp³-hybridized carbons (Fsp3) is 0.154. The topological polar surface area (TPSA) is 99.2 Å². The molecule has 5 rings (SSSR count). The van der Waals surface area contributed by atoms with Crippen molar-refractivity contribution in [3.63, 3.8) is 0 Å². The zero-order valence-electron chi connectivity index (χ0n) is 18.5. The number of H-pyrrole nitrogens is 1. The predicted octanol–water partition coefficient (Wildman–Crippen LogP) is 4.51. The third-order valence-electron chi connectivity index (χ3n) is 5.91. The minimum Gasteiger partial charge on any atom is -0.507 e. The lowest BCUT2D eigenvalue weighted by Gasteiger charge is -2.22. The van der Waals surface area contributed by atoms with Crippen molar-refractivity contribution < 1.29 is 14.7 Å². The van der Waals surface area contributed by atoms with E-state index in [4.69, 9.17) is 0 Å². The van der Waals surface area contributed by atoms with Crippen LogP contribution in [0.25, 0.3) is 16.8 Å². The van der Waals surface area contributed by atoms with Crippen LogP contribution >= 0.6 is 0 Å². The van der Waals surface area contributed by atoms with Crippen molar-refractivity contribution in [2.75, 3.05) is 4.90 Å². The van der Waals surface area contributed by atoms with Gasteiger partial charge in [-0.05, 0) is 62.2 Å². The Bertz CT molecular complexity index is 1450. The van der Waals surface area contributed by atoms with Crippen molar-refractivity contribution in [1.82, 2.24) is 15.0 Å². The first-order valence-electron chi connectivity index (χ1n) is 10.6. The number of carbonyl (C=O) groups is 2. The van der Waals surface area contributed by atoms with Crippen molar-refractivity contribution in [2.45, 2.75) is 26.8 Å². The first-order valence-corrected chi connectivity index (χ1v) is 10.6. The molecule has 0 saturated carbocycles. The lowest BCUT2D eigenvalue weighted by atomic mass is 9.95. The highest BCUT2D eigenvalue weighted by molar-refractivity contribution is 6.51. The molecule has 0 radical (unpaired) electrons. The van der Waals surface area contributed by atoms with E-state index in [1.165, 1.54) is 4.90 Å². The number of fused-ring (bicyclic) bond motifs is 1. The Morgan fingerprint density at radius 1 is 1.00 bits per heavy atom. The summed E-state index contributed by atoms with van der Waals surface area (Å²) < 4.78 is 0. The Kier molecular flexibility index (Phi) is 4.82. The molecule has 33 heavy (non-hydrogen) atoms. The van der Waals surface area contributed by atoms with E-state index < -0.39 is 17.7 Å². The van der Waals surface area contributed by atoms with Crippen LogP contribution in [0.4, 0.5) is 5.95 Å². The molecule has 1 aliphatic rings. The van der Waals surface area contributed by atoms with Gasteiger partial charge < -0.3 is 10.1 Å². The highest BCUT2D eigenvalue weighted by atomic mass is 16.3. The average molecular weight is 438 g/mol. The monoisotopic (exact) mass is 438 g/mol. The summed E-state index contributed by atoms with van der Waals surface area (Å²) in [5, 5.41) is 11.3. The molecule has 0 spiro atoms. The van der Waals surface area contributed by atoms with Gasteiger partial charge in [-0.1, -0.05) is 29.8 Å². The lowest BCUT2D eigenvalue weighted by Crippen LogP contribution is -2.30. The van der Waals surface area contributed by atoms with E-state index in [1.807, 2.05) is 51.1 Å². The zero-order valence-corrected chi connectivity index (χ0v) is 18.5. The maximum atomic E-state index is 13.3. The minimum absolute atomic E-state index is 0.0102. The summed E-state index contributed by atoms with van der Waals surface area (Å²) in [5.41, 5.74) is 5.14. The van der Waals surface area contributed by atoms with Gasteiger partial charge in [0, 0.05) is 11.8 Å². The van der Waals surface area contributed by atoms with Gasteiger partial charge in [0.1, 0.15) is 11.8 Å². The molecule has 2 aromatic heterocycles. The van der Waals surface area contributed by atoms with Crippen LogP contribution in [0.3, 0.4) is 0 Å². The van der Waals surface area contributed by atoms with Crippen LogP contribution in [0.15, 0.2) is 66.4 Å². The molecule has 7 nitrogen and oxygen atoms in total. The van der Waals surface area contributed by atoms with Crippen molar-refractivity contribution in [1.29, 1.82) is 0 Å². The fourth-order valence-electron chi connectivity index (χ4n) is 4.23. The van der Waals surface area contributed by atoms with Crippen LogP contribution in [0.1, 0.15) is 34.0 Å². The number of imidazole rings is 1. The van der Waals surface area contributed by atoms with Gasteiger partial charge in [0.2, 0.25) is 5.95 Å². The molecule has 4 aromatic rings. The van der Waals surface area contributed by atoms with Gasteiger partial charge in [0.05, 0.1) is 22.3 Å². The number of nitrogens with zero attached hydrogens (tertiary/aromatic N) is 3. The van der Waals surface area contributed by atoms with E-state index in [0.29, 0.717) is 16.8 Å². The van der Waals surface area contributed by atoms with Gasteiger partial charge in [0.15, 0.2) is 0 Å². The number of aromatic amines is 1. The van der Waals surface area contributed by atoms with Gasteiger partial charge in [-0.25, -0.2) is 4.98 Å². The van der Waals surface area contributed by atoms with Crippen LogP contribution < -0.4 is 4.90 Å². The van der Waals surface area contributed by atoms with Crippen molar-refractivity contribution in [3.05, 3.63) is 94.3 Å². The normalized spacial score (nSPS) is 17.8. The number of aromatic nitrogens is 3. The molecule has 7 heteroatoms. The maximum absolute atomic E-state index is 13.3. The predicted molar refractivity (Wildman–Crippen MR) is 126 cm³/mol. The number of aliphatic hydroxyl groups excluding tert-OH is 1. The summed E-state index contributed by atoms with van der Waals surface area (Å²) in [6, 6.07) is 15.7. The number of nitrogens with one attached hydrogen (secondary N) is 1. The van der Waals surface area contributed by atoms with E-state index in [-0.39, 0.29) is 17.3 Å². The smallest absolute Gasteiger partial charge is 0.302 e. The number of hydrogen-bond donors (Lipinski definition) is 2. The van der Waals surface area contributed by atoms with Crippen molar-refractivity contribution >= 4 is 34.4 Å². The van der Waals surface area contributed by atoms with Crippen LogP contribution in [-0.4, -0.2) is 31.7 Å². The SMILES string of the molecule is Cc1ccc(C)c(/C(O)=C2\C(=O)C(=O)N(c3nc4ccc(C)cc4[nH]3)C2c2ccccn2)c1. The number of hydrogen-bond acceptors (Lipinski definition) is 5. The van der Waals surface area contributed by atoms with Crippen LogP contribution in [0.5, 0.6) is 0 Å². The molecule has 0 aliphatic carbocycles. The highest BCUT2D eigenvalue weighted by Gasteiger charge is 2.49. The second-order valence-corrected chi connectivity index (χ2v) is 8.32. The number of aryl methyl sites for hydroxylation is 3.